The van der Waals surface area contributed by atoms with E-state index in [0.29, 0.717) is 31.9 Å². The smallest absolute Gasteiger partial charge is 0.243 e. The number of benzene rings is 2. The maximum absolute atomic E-state index is 12.6. The van der Waals surface area contributed by atoms with Gasteiger partial charge in [-0.25, -0.2) is 8.42 Å². The summed E-state index contributed by atoms with van der Waals surface area (Å²) >= 11 is 0. The van der Waals surface area contributed by atoms with E-state index in [4.69, 9.17) is 4.74 Å². The molecule has 1 amide bonds. The van der Waals surface area contributed by atoms with Gasteiger partial charge >= 0.3 is 0 Å². The van der Waals surface area contributed by atoms with Crippen molar-refractivity contribution in [2.45, 2.75) is 37.6 Å². The summed E-state index contributed by atoms with van der Waals surface area (Å²) in [7, 11) is -1.58. The number of anilines is 1. The largest absolute Gasteiger partial charge is 0.492 e. The van der Waals surface area contributed by atoms with Crippen LogP contribution in [0.4, 0.5) is 5.69 Å². The SMILES string of the molecule is Cc1ccc(OCCN(C)[C@@H](C)C(=O)Nc2ccc(S(=O)(=O)N3CCCC3)cc2)cc1. The van der Waals surface area contributed by atoms with Gasteiger partial charge in [-0.05, 0) is 70.1 Å². The Morgan fingerprint density at radius 3 is 2.32 bits per heavy atom. The molecule has 1 N–H and O–H groups in total. The van der Waals surface area contributed by atoms with E-state index < -0.39 is 10.0 Å². The van der Waals surface area contributed by atoms with E-state index in [1.807, 2.05) is 50.1 Å². The summed E-state index contributed by atoms with van der Waals surface area (Å²) in [4.78, 5) is 14.8. The Kier molecular flexibility index (Phi) is 7.69. The van der Waals surface area contributed by atoms with Gasteiger partial charge in [0.05, 0.1) is 10.9 Å². The molecular weight excluding hydrogens is 414 g/mol. The fourth-order valence-corrected chi connectivity index (χ4v) is 4.89. The molecule has 0 aliphatic carbocycles. The second kappa shape index (κ2) is 10.3. The number of likely N-dealkylation sites (N-methyl/N-ethyl adjacent to an activating group) is 1. The molecule has 31 heavy (non-hydrogen) atoms. The van der Waals surface area contributed by atoms with Crippen LogP contribution in [0.15, 0.2) is 53.4 Å². The molecule has 3 rings (SSSR count). The molecule has 0 spiro atoms. The number of nitrogens with one attached hydrogen (secondary N) is 1. The number of amides is 1. The van der Waals surface area contributed by atoms with Crippen LogP contribution in [-0.2, 0) is 14.8 Å². The minimum atomic E-state index is -3.45. The number of hydrogen-bond donors (Lipinski definition) is 1. The molecule has 8 heteroatoms. The van der Waals surface area contributed by atoms with Gasteiger partial charge in [-0.2, -0.15) is 4.31 Å². The Bertz CT molecular complexity index is 969. The molecule has 1 fully saturated rings. The normalized spacial score (nSPS) is 15.7. The molecule has 2 aromatic rings. The van der Waals surface area contributed by atoms with Crippen molar-refractivity contribution in [1.82, 2.24) is 9.21 Å². The standard InChI is InChI=1S/C23H31N3O4S/c1-18-6-10-21(11-7-18)30-17-16-25(3)19(2)23(27)24-20-8-12-22(13-9-20)31(28,29)26-14-4-5-15-26/h6-13,19H,4-5,14-17H2,1-3H3,(H,24,27)/t19-/m0/s1. The van der Waals surface area contributed by atoms with E-state index in [1.165, 1.54) is 9.87 Å². The van der Waals surface area contributed by atoms with Crippen molar-refractivity contribution in [1.29, 1.82) is 0 Å². The molecule has 1 aliphatic rings. The lowest BCUT2D eigenvalue weighted by molar-refractivity contribution is -0.120. The lowest BCUT2D eigenvalue weighted by Gasteiger charge is -2.24. The summed E-state index contributed by atoms with van der Waals surface area (Å²) in [6.07, 6.45) is 1.80. The van der Waals surface area contributed by atoms with Crippen LogP contribution in [0.25, 0.3) is 0 Å². The Labute approximate surface area is 185 Å². The topological polar surface area (TPSA) is 79.0 Å². The highest BCUT2D eigenvalue weighted by atomic mass is 32.2. The van der Waals surface area contributed by atoms with Crippen molar-refractivity contribution < 1.29 is 17.9 Å². The first kappa shape index (κ1) is 23.2. The number of aryl methyl sites for hydroxylation is 1. The first-order chi connectivity index (χ1) is 14.8. The number of carbonyl (C=O) groups excluding carboxylic acids is 1. The molecule has 0 radical (unpaired) electrons. The summed E-state index contributed by atoms with van der Waals surface area (Å²) in [5, 5.41) is 2.86. The fourth-order valence-electron chi connectivity index (χ4n) is 3.37. The molecule has 0 unspecified atom stereocenters. The van der Waals surface area contributed by atoms with Crippen LogP contribution in [0.3, 0.4) is 0 Å². The number of nitrogens with zero attached hydrogens (tertiary/aromatic N) is 2. The first-order valence-corrected chi connectivity index (χ1v) is 12.0. The van der Waals surface area contributed by atoms with Gasteiger partial charge in [-0.15, -0.1) is 0 Å². The summed E-state index contributed by atoms with van der Waals surface area (Å²) in [6, 6.07) is 13.9. The Morgan fingerprint density at radius 1 is 1.10 bits per heavy atom. The third-order valence-electron chi connectivity index (χ3n) is 5.60. The van der Waals surface area contributed by atoms with Gasteiger partial charge in [-0.1, -0.05) is 17.7 Å². The molecule has 2 aromatic carbocycles. The minimum Gasteiger partial charge on any atom is -0.492 e. The third-order valence-corrected chi connectivity index (χ3v) is 7.51. The monoisotopic (exact) mass is 445 g/mol. The summed E-state index contributed by atoms with van der Waals surface area (Å²) in [5.74, 6) is 0.646. The van der Waals surface area contributed by atoms with Crippen molar-refractivity contribution in [3.63, 3.8) is 0 Å². The lowest BCUT2D eigenvalue weighted by atomic mass is 10.2. The van der Waals surface area contributed by atoms with Gasteiger partial charge in [0.1, 0.15) is 12.4 Å². The van der Waals surface area contributed by atoms with Crippen LogP contribution >= 0.6 is 0 Å². The predicted octanol–water partition coefficient (Wildman–Crippen LogP) is 3.12. The van der Waals surface area contributed by atoms with Crippen LogP contribution < -0.4 is 10.1 Å². The molecule has 0 saturated carbocycles. The highest BCUT2D eigenvalue weighted by molar-refractivity contribution is 7.89. The van der Waals surface area contributed by atoms with Gasteiger partial charge in [0, 0.05) is 25.3 Å². The summed E-state index contributed by atoms with van der Waals surface area (Å²) in [6.45, 7) is 6.05. The quantitative estimate of drug-likeness (QED) is 0.642. The zero-order valence-electron chi connectivity index (χ0n) is 18.4. The average molecular weight is 446 g/mol. The summed E-state index contributed by atoms with van der Waals surface area (Å²) < 4.78 is 32.5. The van der Waals surface area contributed by atoms with Crippen molar-refractivity contribution in [3.8, 4) is 5.75 Å². The second-order valence-electron chi connectivity index (χ2n) is 7.94. The van der Waals surface area contributed by atoms with Crippen molar-refractivity contribution in [3.05, 3.63) is 54.1 Å². The number of ether oxygens (including phenoxy) is 1. The average Bonchev–Trinajstić information content (AvgIpc) is 3.31. The van der Waals surface area contributed by atoms with Crippen LogP contribution in [0.2, 0.25) is 0 Å². The number of rotatable bonds is 9. The van der Waals surface area contributed by atoms with Gasteiger partial charge in [0.15, 0.2) is 0 Å². The Balaban J connectivity index is 1.49. The number of carbonyl (C=O) groups is 1. The Morgan fingerprint density at radius 2 is 1.71 bits per heavy atom. The van der Waals surface area contributed by atoms with Crippen LogP contribution in [0.5, 0.6) is 5.75 Å². The zero-order chi connectivity index (χ0) is 22.4. The van der Waals surface area contributed by atoms with Crippen molar-refractivity contribution in [2.75, 3.05) is 38.6 Å². The van der Waals surface area contributed by atoms with Gasteiger partial charge < -0.3 is 10.1 Å². The van der Waals surface area contributed by atoms with E-state index in [0.717, 1.165) is 18.6 Å². The number of sulfonamides is 1. The molecule has 1 saturated heterocycles. The first-order valence-electron chi connectivity index (χ1n) is 10.6. The highest BCUT2D eigenvalue weighted by Crippen LogP contribution is 2.22. The third kappa shape index (κ3) is 6.06. The van der Waals surface area contributed by atoms with Crippen molar-refractivity contribution in [2.24, 2.45) is 0 Å². The molecule has 1 atom stereocenters. The van der Waals surface area contributed by atoms with E-state index >= 15 is 0 Å². The molecule has 0 aromatic heterocycles. The highest BCUT2D eigenvalue weighted by Gasteiger charge is 2.27. The lowest BCUT2D eigenvalue weighted by Crippen LogP contribution is -2.41. The van der Waals surface area contributed by atoms with Crippen LogP contribution in [0.1, 0.15) is 25.3 Å². The van der Waals surface area contributed by atoms with E-state index in [1.54, 1.807) is 24.3 Å². The maximum Gasteiger partial charge on any atom is 0.243 e. The molecule has 1 aliphatic heterocycles. The molecule has 7 nitrogen and oxygen atoms in total. The van der Waals surface area contributed by atoms with Crippen molar-refractivity contribution >= 4 is 21.6 Å². The molecule has 1 heterocycles. The number of hydrogen-bond acceptors (Lipinski definition) is 5. The second-order valence-corrected chi connectivity index (χ2v) is 9.88. The van der Waals surface area contributed by atoms with E-state index in [-0.39, 0.29) is 16.8 Å². The van der Waals surface area contributed by atoms with Gasteiger partial charge in [0.2, 0.25) is 15.9 Å². The summed E-state index contributed by atoms with van der Waals surface area (Å²) in [5.41, 5.74) is 1.75. The maximum atomic E-state index is 12.6. The van der Waals surface area contributed by atoms with E-state index in [2.05, 4.69) is 5.32 Å². The van der Waals surface area contributed by atoms with E-state index in [9.17, 15) is 13.2 Å². The van der Waals surface area contributed by atoms with Crippen LogP contribution in [0, 0.1) is 6.92 Å². The minimum absolute atomic E-state index is 0.159. The molecule has 168 valence electrons. The zero-order valence-corrected chi connectivity index (χ0v) is 19.2. The van der Waals surface area contributed by atoms with Crippen LogP contribution in [-0.4, -0.2) is 62.9 Å². The van der Waals surface area contributed by atoms with Gasteiger partial charge in [-0.3, -0.25) is 9.69 Å². The predicted molar refractivity (Wildman–Crippen MR) is 122 cm³/mol. The molecular formula is C23H31N3O4S. The van der Waals surface area contributed by atoms with Gasteiger partial charge in [0.25, 0.3) is 0 Å². The fraction of sp³-hybridized carbons (Fsp3) is 0.435. The molecule has 0 bridgehead atoms. The Hall–Kier alpha value is -2.42.